The van der Waals surface area contributed by atoms with Gasteiger partial charge in [-0.05, 0) is 0 Å². The van der Waals surface area contributed by atoms with Gasteiger partial charge in [-0.25, -0.2) is 0 Å². The summed E-state index contributed by atoms with van der Waals surface area (Å²) in [7, 11) is 0. The Morgan fingerprint density at radius 1 is 1.40 bits per heavy atom. The van der Waals surface area contributed by atoms with Crippen molar-refractivity contribution in [1.82, 2.24) is 0 Å². The summed E-state index contributed by atoms with van der Waals surface area (Å²) in [5, 5.41) is 0. The lowest BCUT2D eigenvalue weighted by Gasteiger charge is -2.23. The van der Waals surface area contributed by atoms with E-state index in [1.807, 2.05) is 0 Å². The van der Waals surface area contributed by atoms with Crippen LogP contribution in [-0.4, -0.2) is 18.9 Å². The normalized spacial score (nSPS) is 28.5. The Hall–Kier alpha value is -0.290. The summed E-state index contributed by atoms with van der Waals surface area (Å²) in [6, 6.07) is 0. The van der Waals surface area contributed by atoms with Crippen LogP contribution in [0.25, 0.3) is 0 Å². The van der Waals surface area contributed by atoms with E-state index in [-0.39, 0.29) is 13.0 Å². The second kappa shape index (κ2) is 2.75. The van der Waals surface area contributed by atoms with Crippen molar-refractivity contribution >= 4 is 0 Å². The van der Waals surface area contributed by atoms with Crippen LogP contribution in [0.15, 0.2) is 0 Å². The van der Waals surface area contributed by atoms with Gasteiger partial charge in [-0.1, -0.05) is 0 Å². The van der Waals surface area contributed by atoms with Gasteiger partial charge in [0.25, 0.3) is 0 Å². The Morgan fingerprint density at radius 3 is 2.40 bits per heavy atom. The second-order valence-electron chi connectivity index (χ2n) is 1.92. The number of hydrogen-bond donors (Lipinski definition) is 0. The molecule has 1 aliphatic rings. The Balaban J connectivity index is 2.39. The van der Waals surface area contributed by atoms with Gasteiger partial charge in [0.15, 0.2) is 6.10 Å². The van der Waals surface area contributed by atoms with E-state index < -0.39 is 12.3 Å². The van der Waals surface area contributed by atoms with Crippen LogP contribution in [0.4, 0.5) is 13.2 Å². The largest absolute Gasteiger partial charge is 0.414 e. The van der Waals surface area contributed by atoms with Gasteiger partial charge in [0, 0.05) is 6.42 Å². The molecule has 1 aliphatic heterocycles. The van der Waals surface area contributed by atoms with Gasteiger partial charge >= 0.3 is 6.18 Å². The van der Waals surface area contributed by atoms with Gasteiger partial charge in [0.1, 0.15) is 0 Å². The summed E-state index contributed by atoms with van der Waals surface area (Å²) in [4.78, 5) is 0. The Morgan fingerprint density at radius 2 is 2.10 bits per heavy atom. The minimum atomic E-state index is -4.26. The van der Waals surface area contributed by atoms with Crippen molar-refractivity contribution < 1.29 is 22.6 Å². The number of hydrogen-bond acceptors (Lipinski definition) is 2. The van der Waals surface area contributed by atoms with Gasteiger partial charge in [-0.3, -0.25) is 0 Å². The maximum absolute atomic E-state index is 11.7. The van der Waals surface area contributed by atoms with Gasteiger partial charge in [-0.2, -0.15) is 13.2 Å². The lowest BCUT2D eigenvalue weighted by Crippen LogP contribution is -2.35. The van der Waals surface area contributed by atoms with E-state index in [2.05, 4.69) is 9.47 Å². The van der Waals surface area contributed by atoms with Crippen molar-refractivity contribution in [1.29, 1.82) is 0 Å². The Bertz CT molecular complexity index is 106. The van der Waals surface area contributed by atoms with E-state index in [1.165, 1.54) is 0 Å². The predicted octanol–water partition coefficient (Wildman–Crippen LogP) is 1.47. The maximum Gasteiger partial charge on any atom is 0.414 e. The zero-order valence-electron chi connectivity index (χ0n) is 5.02. The zero-order valence-corrected chi connectivity index (χ0v) is 5.02. The molecule has 59 valence electrons. The van der Waals surface area contributed by atoms with Crippen LogP contribution in [0, 0.1) is 6.79 Å². The Labute approximate surface area is 55.9 Å². The SMILES string of the molecule is FC(F)(F)C1CCO[CH]O1. The summed E-state index contributed by atoms with van der Waals surface area (Å²) in [6.45, 7) is 0.811. The first-order chi connectivity index (χ1) is 4.61. The molecule has 0 aromatic heterocycles. The summed E-state index contributed by atoms with van der Waals surface area (Å²) in [5.41, 5.74) is 0. The third-order valence-electron chi connectivity index (χ3n) is 1.15. The summed E-state index contributed by atoms with van der Waals surface area (Å²) in [6.07, 6.45) is -6.07. The molecule has 2 nitrogen and oxygen atoms in total. The number of rotatable bonds is 0. The molecule has 0 bridgehead atoms. The molecule has 0 amide bonds. The molecule has 10 heavy (non-hydrogen) atoms. The number of halogens is 3. The highest BCUT2D eigenvalue weighted by molar-refractivity contribution is 4.70. The van der Waals surface area contributed by atoms with Gasteiger partial charge in [0.05, 0.1) is 6.61 Å². The minimum absolute atomic E-state index is 0.0736. The average molecular weight is 155 g/mol. The fourth-order valence-electron chi connectivity index (χ4n) is 0.638. The van der Waals surface area contributed by atoms with Crippen LogP contribution < -0.4 is 0 Å². The number of alkyl halides is 3. The predicted molar refractivity (Wildman–Crippen MR) is 25.8 cm³/mol. The standard InChI is InChI=1S/C5H6F3O2/c6-5(7,8)4-1-2-9-3-10-4/h3-4H,1-2H2. The fourth-order valence-corrected chi connectivity index (χ4v) is 0.638. The average Bonchev–Trinajstić information content (AvgIpc) is 1.88. The molecule has 1 fully saturated rings. The molecule has 1 unspecified atom stereocenters. The molecule has 5 heteroatoms. The fraction of sp³-hybridized carbons (Fsp3) is 0.800. The molecule has 1 radical (unpaired) electrons. The highest BCUT2D eigenvalue weighted by Crippen LogP contribution is 2.27. The first kappa shape index (κ1) is 7.81. The monoisotopic (exact) mass is 155 g/mol. The molecule has 0 aromatic carbocycles. The van der Waals surface area contributed by atoms with Crippen LogP contribution >= 0.6 is 0 Å². The summed E-state index contributed by atoms with van der Waals surface area (Å²) < 4.78 is 43.8. The smallest absolute Gasteiger partial charge is 0.348 e. The third kappa shape index (κ3) is 1.85. The van der Waals surface area contributed by atoms with Crippen molar-refractivity contribution in [3.8, 4) is 0 Å². The topological polar surface area (TPSA) is 18.5 Å². The van der Waals surface area contributed by atoms with Crippen LogP contribution in [0.3, 0.4) is 0 Å². The molecule has 0 aliphatic carbocycles. The van der Waals surface area contributed by atoms with Crippen molar-refractivity contribution in [2.75, 3.05) is 6.61 Å². The van der Waals surface area contributed by atoms with Crippen LogP contribution in [0.2, 0.25) is 0 Å². The van der Waals surface area contributed by atoms with E-state index in [0.29, 0.717) is 0 Å². The molecule has 1 atom stereocenters. The van der Waals surface area contributed by atoms with E-state index in [0.717, 1.165) is 6.79 Å². The Kier molecular flexibility index (Phi) is 2.15. The number of ether oxygens (including phenoxy) is 2. The van der Waals surface area contributed by atoms with Gasteiger partial charge in [0.2, 0.25) is 6.79 Å². The lowest BCUT2D eigenvalue weighted by molar-refractivity contribution is -0.245. The van der Waals surface area contributed by atoms with Crippen molar-refractivity contribution in [3.05, 3.63) is 6.79 Å². The molecule has 1 saturated heterocycles. The highest BCUT2D eigenvalue weighted by atomic mass is 19.4. The molecule has 0 N–H and O–H groups in total. The van der Waals surface area contributed by atoms with E-state index in [4.69, 9.17) is 0 Å². The van der Waals surface area contributed by atoms with Gasteiger partial charge in [-0.15, -0.1) is 0 Å². The quantitative estimate of drug-likeness (QED) is 0.527. The van der Waals surface area contributed by atoms with Crippen molar-refractivity contribution in [2.24, 2.45) is 0 Å². The third-order valence-corrected chi connectivity index (χ3v) is 1.15. The first-order valence-electron chi connectivity index (χ1n) is 2.76. The van der Waals surface area contributed by atoms with Crippen molar-refractivity contribution in [3.63, 3.8) is 0 Å². The minimum Gasteiger partial charge on any atom is -0.348 e. The van der Waals surface area contributed by atoms with E-state index >= 15 is 0 Å². The van der Waals surface area contributed by atoms with Gasteiger partial charge < -0.3 is 9.47 Å². The van der Waals surface area contributed by atoms with E-state index in [9.17, 15) is 13.2 Å². The lowest BCUT2D eigenvalue weighted by atomic mass is 10.2. The summed E-state index contributed by atoms with van der Waals surface area (Å²) >= 11 is 0. The molecule has 0 aromatic rings. The molecular weight excluding hydrogens is 149 g/mol. The van der Waals surface area contributed by atoms with E-state index in [1.54, 1.807) is 0 Å². The molecule has 0 saturated carbocycles. The zero-order chi connectivity index (χ0) is 7.61. The highest BCUT2D eigenvalue weighted by Gasteiger charge is 2.41. The summed E-state index contributed by atoms with van der Waals surface area (Å²) in [5.74, 6) is 0. The molecule has 0 spiro atoms. The van der Waals surface area contributed by atoms with Crippen LogP contribution in [-0.2, 0) is 9.47 Å². The molecular formula is C5H6F3O2. The second-order valence-corrected chi connectivity index (χ2v) is 1.92. The van der Waals surface area contributed by atoms with Crippen LogP contribution in [0.1, 0.15) is 6.42 Å². The maximum atomic E-state index is 11.7. The van der Waals surface area contributed by atoms with Crippen molar-refractivity contribution in [2.45, 2.75) is 18.7 Å². The first-order valence-corrected chi connectivity index (χ1v) is 2.76. The molecule has 1 heterocycles. The molecule has 1 rings (SSSR count). The van der Waals surface area contributed by atoms with Crippen LogP contribution in [0.5, 0.6) is 0 Å².